The van der Waals surface area contributed by atoms with Crippen molar-refractivity contribution in [2.45, 2.75) is 52.2 Å². The van der Waals surface area contributed by atoms with Crippen molar-refractivity contribution in [3.8, 4) is 0 Å². The van der Waals surface area contributed by atoms with Gasteiger partial charge < -0.3 is 15.6 Å². The van der Waals surface area contributed by atoms with E-state index in [1.54, 1.807) is 0 Å². The Labute approximate surface area is 98.4 Å². The largest absolute Gasteiger partial charge is 0.389 e. The summed E-state index contributed by atoms with van der Waals surface area (Å²) in [6.07, 6.45) is 3.55. The van der Waals surface area contributed by atoms with Gasteiger partial charge in [-0.2, -0.15) is 0 Å². The average Bonchev–Trinajstić information content (AvgIpc) is 2.58. The lowest BCUT2D eigenvalue weighted by atomic mass is 9.70. The van der Waals surface area contributed by atoms with Gasteiger partial charge in [-0.1, -0.05) is 20.8 Å². The Hall–Kier alpha value is -0.120. The normalized spacial score (nSPS) is 42.6. The van der Waals surface area contributed by atoms with E-state index >= 15 is 0 Å². The number of fused-ring (bicyclic) bond motifs is 2. The molecule has 2 aliphatic carbocycles. The second-order valence-corrected chi connectivity index (χ2v) is 6.32. The van der Waals surface area contributed by atoms with Crippen LogP contribution in [0.2, 0.25) is 0 Å². The monoisotopic (exact) mass is 227 g/mol. The highest BCUT2D eigenvalue weighted by atomic mass is 16.5. The molecule has 0 aliphatic heterocycles. The first-order valence-corrected chi connectivity index (χ1v) is 6.41. The van der Waals surface area contributed by atoms with Crippen molar-refractivity contribution in [1.82, 2.24) is 0 Å². The molecule has 4 unspecified atom stereocenters. The molecule has 16 heavy (non-hydrogen) atoms. The van der Waals surface area contributed by atoms with Crippen LogP contribution < -0.4 is 5.73 Å². The Kier molecular flexibility index (Phi) is 3.06. The minimum absolute atomic E-state index is 0.284. The van der Waals surface area contributed by atoms with Crippen molar-refractivity contribution >= 4 is 0 Å². The molecule has 94 valence electrons. The number of aliphatic hydroxyl groups excluding tert-OH is 1. The predicted molar refractivity (Wildman–Crippen MR) is 64.0 cm³/mol. The molecule has 2 saturated carbocycles. The van der Waals surface area contributed by atoms with Crippen molar-refractivity contribution in [2.75, 3.05) is 13.2 Å². The zero-order valence-electron chi connectivity index (χ0n) is 10.7. The minimum Gasteiger partial charge on any atom is -0.389 e. The van der Waals surface area contributed by atoms with Crippen LogP contribution in [0, 0.1) is 16.7 Å². The number of ether oxygens (including phenoxy) is 1. The van der Waals surface area contributed by atoms with Gasteiger partial charge in [-0.05, 0) is 36.0 Å². The van der Waals surface area contributed by atoms with E-state index in [4.69, 9.17) is 10.5 Å². The SMILES string of the molecule is CC1(C)C2CCC1(C)C(OCC(O)CN)C2. The molecule has 3 heteroatoms. The van der Waals surface area contributed by atoms with Crippen LogP contribution >= 0.6 is 0 Å². The Morgan fingerprint density at radius 2 is 2.12 bits per heavy atom. The lowest BCUT2D eigenvalue weighted by Gasteiger charge is -2.39. The van der Waals surface area contributed by atoms with Gasteiger partial charge in [0.1, 0.15) is 0 Å². The van der Waals surface area contributed by atoms with E-state index in [1.165, 1.54) is 12.8 Å². The minimum atomic E-state index is -0.508. The number of hydrogen-bond acceptors (Lipinski definition) is 3. The van der Waals surface area contributed by atoms with Crippen LogP contribution in [0.3, 0.4) is 0 Å². The van der Waals surface area contributed by atoms with Crippen molar-refractivity contribution in [3.63, 3.8) is 0 Å². The molecule has 0 aromatic heterocycles. The van der Waals surface area contributed by atoms with E-state index < -0.39 is 6.10 Å². The smallest absolute Gasteiger partial charge is 0.0895 e. The molecule has 0 heterocycles. The van der Waals surface area contributed by atoms with E-state index in [1.807, 2.05) is 0 Å². The topological polar surface area (TPSA) is 55.5 Å². The van der Waals surface area contributed by atoms with Gasteiger partial charge in [0.15, 0.2) is 0 Å². The summed E-state index contributed by atoms with van der Waals surface area (Å²) in [5.41, 5.74) is 6.05. The van der Waals surface area contributed by atoms with Crippen LogP contribution in [0.1, 0.15) is 40.0 Å². The van der Waals surface area contributed by atoms with E-state index in [0.29, 0.717) is 18.1 Å². The van der Waals surface area contributed by atoms with E-state index in [0.717, 1.165) is 12.3 Å². The predicted octanol–water partition coefficient (Wildman–Crippen LogP) is 1.54. The van der Waals surface area contributed by atoms with Gasteiger partial charge in [-0.25, -0.2) is 0 Å². The number of aliphatic hydroxyl groups is 1. The highest BCUT2D eigenvalue weighted by Gasteiger charge is 2.61. The molecule has 0 saturated heterocycles. The molecular formula is C13H25NO2. The quantitative estimate of drug-likeness (QED) is 0.766. The van der Waals surface area contributed by atoms with E-state index in [9.17, 15) is 5.11 Å². The summed E-state index contributed by atoms with van der Waals surface area (Å²) in [4.78, 5) is 0. The Morgan fingerprint density at radius 1 is 1.44 bits per heavy atom. The fraction of sp³-hybridized carbons (Fsp3) is 1.00. The first-order valence-electron chi connectivity index (χ1n) is 6.41. The van der Waals surface area contributed by atoms with Gasteiger partial charge in [-0.3, -0.25) is 0 Å². The zero-order chi connectivity index (χ0) is 12.0. The maximum absolute atomic E-state index is 9.45. The van der Waals surface area contributed by atoms with Crippen LogP contribution in [0.15, 0.2) is 0 Å². The van der Waals surface area contributed by atoms with E-state index in [-0.39, 0.29) is 12.0 Å². The van der Waals surface area contributed by atoms with E-state index in [2.05, 4.69) is 20.8 Å². The third kappa shape index (κ3) is 1.60. The number of rotatable bonds is 4. The van der Waals surface area contributed by atoms with Crippen LogP contribution in [-0.2, 0) is 4.74 Å². The highest BCUT2D eigenvalue weighted by molar-refractivity contribution is 5.11. The molecule has 2 rings (SSSR count). The summed E-state index contributed by atoms with van der Waals surface area (Å²) < 4.78 is 5.90. The van der Waals surface area contributed by atoms with Gasteiger partial charge in [0.25, 0.3) is 0 Å². The molecular weight excluding hydrogens is 202 g/mol. The second-order valence-electron chi connectivity index (χ2n) is 6.32. The van der Waals surface area contributed by atoms with Crippen LogP contribution in [-0.4, -0.2) is 30.5 Å². The third-order valence-corrected chi connectivity index (χ3v) is 5.48. The maximum atomic E-state index is 9.45. The average molecular weight is 227 g/mol. The zero-order valence-corrected chi connectivity index (χ0v) is 10.7. The standard InChI is InChI=1S/C13H25NO2/c1-12(2)9-4-5-13(12,3)11(6-9)16-8-10(15)7-14/h9-11,15H,4-8,14H2,1-3H3. The Morgan fingerprint density at radius 3 is 2.56 bits per heavy atom. The molecule has 0 amide bonds. The summed E-state index contributed by atoms with van der Waals surface area (Å²) >= 11 is 0. The Balaban J connectivity index is 1.99. The summed E-state index contributed by atoms with van der Waals surface area (Å²) in [6, 6.07) is 0. The molecule has 4 atom stereocenters. The first-order chi connectivity index (χ1) is 7.41. The third-order valence-electron chi connectivity index (χ3n) is 5.48. The molecule has 2 fully saturated rings. The summed E-state index contributed by atoms with van der Waals surface area (Å²) in [5, 5.41) is 9.45. The van der Waals surface area contributed by atoms with Crippen LogP contribution in [0.4, 0.5) is 0 Å². The van der Waals surface area contributed by atoms with Crippen molar-refractivity contribution in [2.24, 2.45) is 22.5 Å². The highest BCUT2D eigenvalue weighted by Crippen LogP contribution is 2.66. The fourth-order valence-corrected chi connectivity index (χ4v) is 3.68. The van der Waals surface area contributed by atoms with Crippen molar-refractivity contribution in [3.05, 3.63) is 0 Å². The lowest BCUT2D eigenvalue weighted by Crippen LogP contribution is -2.39. The van der Waals surface area contributed by atoms with Crippen LogP contribution in [0.25, 0.3) is 0 Å². The van der Waals surface area contributed by atoms with Gasteiger partial charge in [-0.15, -0.1) is 0 Å². The fourth-order valence-electron chi connectivity index (χ4n) is 3.68. The molecule has 3 nitrogen and oxygen atoms in total. The molecule has 2 aliphatic rings. The summed E-state index contributed by atoms with van der Waals surface area (Å²) in [5.74, 6) is 0.789. The number of hydrogen-bond donors (Lipinski definition) is 2. The molecule has 0 aromatic rings. The van der Waals surface area contributed by atoms with Crippen molar-refractivity contribution < 1.29 is 9.84 Å². The Bertz CT molecular complexity index is 267. The van der Waals surface area contributed by atoms with Crippen LogP contribution in [0.5, 0.6) is 0 Å². The summed E-state index contributed by atoms with van der Waals surface area (Å²) in [7, 11) is 0. The van der Waals surface area contributed by atoms with Gasteiger partial charge in [0.05, 0.1) is 18.8 Å². The second kappa shape index (κ2) is 3.97. The molecule has 2 bridgehead atoms. The lowest BCUT2D eigenvalue weighted by molar-refractivity contribution is -0.0729. The molecule has 0 radical (unpaired) electrons. The van der Waals surface area contributed by atoms with Gasteiger partial charge in [0.2, 0.25) is 0 Å². The van der Waals surface area contributed by atoms with Gasteiger partial charge >= 0.3 is 0 Å². The molecule has 3 N–H and O–H groups in total. The first kappa shape index (κ1) is 12.3. The molecule has 0 aromatic carbocycles. The van der Waals surface area contributed by atoms with Crippen molar-refractivity contribution in [1.29, 1.82) is 0 Å². The summed E-state index contributed by atoms with van der Waals surface area (Å²) in [6.45, 7) is 7.76. The molecule has 0 spiro atoms. The van der Waals surface area contributed by atoms with Gasteiger partial charge in [0, 0.05) is 6.54 Å². The number of nitrogens with two attached hydrogens (primary N) is 1. The maximum Gasteiger partial charge on any atom is 0.0895 e.